The molecule has 0 amide bonds. The Balaban J connectivity index is 1.72. The van der Waals surface area contributed by atoms with Gasteiger partial charge >= 0.3 is 0 Å². The number of rotatable bonds is 5. The number of hydrogen-bond donors (Lipinski definition) is 1. The summed E-state index contributed by atoms with van der Waals surface area (Å²) in [6.07, 6.45) is 2.06. The topological polar surface area (TPSA) is 24.9 Å². The predicted octanol–water partition coefficient (Wildman–Crippen LogP) is 5.22. The Morgan fingerprint density at radius 1 is 0.957 bits per heavy atom. The monoisotopic (exact) mass is 324 g/mol. The number of benzene rings is 2. The van der Waals surface area contributed by atoms with Gasteiger partial charge in [0.05, 0.1) is 5.69 Å². The maximum absolute atomic E-state index is 12.9. The van der Waals surface area contributed by atoms with Gasteiger partial charge in [0.1, 0.15) is 11.6 Å². The molecule has 23 heavy (non-hydrogen) atoms. The molecule has 0 spiro atoms. The summed E-state index contributed by atoms with van der Waals surface area (Å²) in [7, 11) is 0. The van der Waals surface area contributed by atoms with Crippen molar-refractivity contribution in [1.82, 2.24) is 4.98 Å². The summed E-state index contributed by atoms with van der Waals surface area (Å²) in [6.45, 7) is 0.613. The first-order chi connectivity index (χ1) is 11.2. The second-order valence-corrected chi connectivity index (χ2v) is 6.00. The van der Waals surface area contributed by atoms with Crippen molar-refractivity contribution < 1.29 is 4.39 Å². The van der Waals surface area contributed by atoms with Crippen LogP contribution in [0.2, 0.25) is 0 Å². The molecule has 0 aliphatic carbocycles. The Labute approximate surface area is 139 Å². The molecule has 4 heteroatoms. The first-order valence-electron chi connectivity index (χ1n) is 7.34. The molecule has 0 radical (unpaired) electrons. The first kappa shape index (κ1) is 15.6. The van der Waals surface area contributed by atoms with Gasteiger partial charge in [-0.15, -0.1) is 11.8 Å². The van der Waals surface area contributed by atoms with Gasteiger partial charge in [-0.3, -0.25) is 0 Å². The molecule has 1 N–H and O–H groups in total. The number of nitrogens with zero attached hydrogens (tertiary/aromatic N) is 1. The molecule has 2 aromatic carbocycles. The van der Waals surface area contributed by atoms with Crippen LogP contribution in [0.3, 0.4) is 0 Å². The number of hydrogen-bond acceptors (Lipinski definition) is 3. The fourth-order valence-electron chi connectivity index (χ4n) is 2.25. The quantitative estimate of drug-likeness (QED) is 0.651. The summed E-state index contributed by atoms with van der Waals surface area (Å²) < 4.78 is 12.9. The van der Waals surface area contributed by atoms with Crippen LogP contribution in [-0.2, 0) is 6.54 Å². The molecule has 0 atom stereocenters. The van der Waals surface area contributed by atoms with Crippen LogP contribution in [-0.4, -0.2) is 11.2 Å². The third-order valence-corrected chi connectivity index (χ3v) is 4.27. The summed E-state index contributed by atoms with van der Waals surface area (Å²) in [5, 5.41) is 3.28. The van der Waals surface area contributed by atoms with Crippen LogP contribution < -0.4 is 5.32 Å². The maximum Gasteiger partial charge on any atom is 0.126 e. The molecule has 1 heterocycles. The number of aromatic nitrogens is 1. The van der Waals surface area contributed by atoms with E-state index in [1.807, 2.05) is 18.2 Å². The van der Waals surface area contributed by atoms with Crippen LogP contribution >= 0.6 is 11.8 Å². The molecule has 0 unspecified atom stereocenters. The largest absolute Gasteiger partial charge is 0.366 e. The van der Waals surface area contributed by atoms with Crippen LogP contribution in [0.15, 0.2) is 71.6 Å². The van der Waals surface area contributed by atoms with Gasteiger partial charge in [0.15, 0.2) is 0 Å². The predicted molar refractivity (Wildman–Crippen MR) is 95.2 cm³/mol. The number of nitrogens with one attached hydrogen (secondary N) is 1. The van der Waals surface area contributed by atoms with E-state index in [0.717, 1.165) is 22.6 Å². The van der Waals surface area contributed by atoms with Crippen LogP contribution in [0.5, 0.6) is 0 Å². The zero-order valence-electron chi connectivity index (χ0n) is 12.8. The Morgan fingerprint density at radius 3 is 2.39 bits per heavy atom. The summed E-state index contributed by atoms with van der Waals surface area (Å²) in [5.41, 5.74) is 3.04. The molecular weight excluding hydrogens is 307 g/mol. The number of anilines is 1. The van der Waals surface area contributed by atoms with Crippen LogP contribution in [0.25, 0.3) is 11.3 Å². The number of thioether (sulfide) groups is 1. The molecule has 0 aliphatic rings. The van der Waals surface area contributed by atoms with Crippen molar-refractivity contribution in [1.29, 1.82) is 0 Å². The minimum absolute atomic E-state index is 0.220. The van der Waals surface area contributed by atoms with Gasteiger partial charge in [-0.25, -0.2) is 9.37 Å². The van der Waals surface area contributed by atoms with Gasteiger partial charge < -0.3 is 5.32 Å². The Hall–Kier alpha value is -2.33. The van der Waals surface area contributed by atoms with Crippen LogP contribution in [0.1, 0.15) is 5.56 Å². The molecule has 0 bridgehead atoms. The van der Waals surface area contributed by atoms with Crippen molar-refractivity contribution in [3.63, 3.8) is 0 Å². The lowest BCUT2D eigenvalue weighted by atomic mass is 10.1. The number of pyridine rings is 1. The molecule has 0 saturated heterocycles. The maximum atomic E-state index is 12.9. The molecule has 3 rings (SSSR count). The van der Waals surface area contributed by atoms with Crippen LogP contribution in [0, 0.1) is 5.82 Å². The molecule has 0 aliphatic heterocycles. The molecule has 2 nitrogen and oxygen atoms in total. The van der Waals surface area contributed by atoms with Gasteiger partial charge in [0, 0.05) is 17.0 Å². The van der Waals surface area contributed by atoms with Gasteiger partial charge in [-0.1, -0.05) is 30.3 Å². The minimum Gasteiger partial charge on any atom is -0.366 e. The van der Waals surface area contributed by atoms with Gasteiger partial charge in [0.25, 0.3) is 0 Å². The van der Waals surface area contributed by atoms with Crippen molar-refractivity contribution >= 4 is 17.6 Å². The van der Waals surface area contributed by atoms with E-state index in [2.05, 4.69) is 40.8 Å². The Morgan fingerprint density at radius 2 is 1.70 bits per heavy atom. The Bertz CT molecular complexity index is 770. The van der Waals surface area contributed by atoms with E-state index in [0.29, 0.717) is 6.54 Å². The lowest BCUT2D eigenvalue weighted by molar-refractivity contribution is 0.627. The smallest absolute Gasteiger partial charge is 0.126 e. The summed E-state index contributed by atoms with van der Waals surface area (Å²) in [6, 6.07) is 20.7. The second-order valence-electron chi connectivity index (χ2n) is 5.12. The highest BCUT2D eigenvalue weighted by Gasteiger charge is 2.02. The van der Waals surface area contributed by atoms with E-state index in [9.17, 15) is 4.39 Å². The van der Waals surface area contributed by atoms with Gasteiger partial charge in [-0.05, 0) is 48.2 Å². The Kier molecular flexibility index (Phi) is 4.93. The van der Waals surface area contributed by atoms with Crippen molar-refractivity contribution in [3.05, 3.63) is 78.1 Å². The van der Waals surface area contributed by atoms with Crippen molar-refractivity contribution in [2.24, 2.45) is 0 Å². The van der Waals surface area contributed by atoms with Gasteiger partial charge in [0.2, 0.25) is 0 Å². The SMILES string of the molecule is CSc1ccc(-c2cccc(NCc3ccc(F)cc3)n2)cc1. The molecule has 0 fully saturated rings. The van der Waals surface area contributed by atoms with E-state index in [1.165, 1.54) is 17.0 Å². The van der Waals surface area contributed by atoms with E-state index in [1.54, 1.807) is 23.9 Å². The highest BCUT2D eigenvalue weighted by molar-refractivity contribution is 7.98. The zero-order chi connectivity index (χ0) is 16.1. The average Bonchev–Trinajstić information content (AvgIpc) is 2.61. The van der Waals surface area contributed by atoms with E-state index in [4.69, 9.17) is 0 Å². The van der Waals surface area contributed by atoms with Gasteiger partial charge in [-0.2, -0.15) is 0 Å². The molecule has 116 valence electrons. The third kappa shape index (κ3) is 4.11. The van der Waals surface area contributed by atoms with E-state index in [-0.39, 0.29) is 5.82 Å². The van der Waals surface area contributed by atoms with Crippen molar-refractivity contribution in [2.75, 3.05) is 11.6 Å². The molecule has 0 saturated carbocycles. The highest BCUT2D eigenvalue weighted by Crippen LogP contribution is 2.22. The highest BCUT2D eigenvalue weighted by atomic mass is 32.2. The summed E-state index contributed by atoms with van der Waals surface area (Å²) in [4.78, 5) is 5.87. The van der Waals surface area contributed by atoms with Crippen molar-refractivity contribution in [3.8, 4) is 11.3 Å². The number of halogens is 1. The third-order valence-electron chi connectivity index (χ3n) is 3.52. The van der Waals surface area contributed by atoms with E-state index < -0.39 is 0 Å². The molecular formula is C19H17FN2S. The van der Waals surface area contributed by atoms with E-state index >= 15 is 0 Å². The lowest BCUT2D eigenvalue weighted by Gasteiger charge is -2.08. The average molecular weight is 324 g/mol. The van der Waals surface area contributed by atoms with Crippen molar-refractivity contribution in [2.45, 2.75) is 11.4 Å². The standard InChI is InChI=1S/C19H17FN2S/c1-23-17-11-7-15(8-12-17)18-3-2-4-19(22-18)21-13-14-5-9-16(20)10-6-14/h2-12H,13H2,1H3,(H,21,22). The fourth-order valence-corrected chi connectivity index (χ4v) is 2.66. The fraction of sp³-hybridized carbons (Fsp3) is 0.105. The minimum atomic E-state index is -0.220. The summed E-state index contributed by atoms with van der Waals surface area (Å²) >= 11 is 1.72. The normalized spacial score (nSPS) is 10.5. The molecule has 3 aromatic rings. The first-order valence-corrected chi connectivity index (χ1v) is 8.57. The summed E-state index contributed by atoms with van der Waals surface area (Å²) in [5.74, 6) is 0.586. The molecule has 1 aromatic heterocycles. The zero-order valence-corrected chi connectivity index (χ0v) is 13.6. The van der Waals surface area contributed by atoms with Crippen LogP contribution in [0.4, 0.5) is 10.2 Å². The second kappa shape index (κ2) is 7.29. The lowest BCUT2D eigenvalue weighted by Crippen LogP contribution is -2.01.